The summed E-state index contributed by atoms with van der Waals surface area (Å²) in [6.07, 6.45) is 1.90. The molecule has 1 fully saturated rings. The minimum absolute atomic E-state index is 0.0295. The van der Waals surface area contributed by atoms with Gasteiger partial charge >= 0.3 is 7.12 Å². The van der Waals surface area contributed by atoms with Gasteiger partial charge in [-0.2, -0.15) is 0 Å². The monoisotopic (exact) mass is 498 g/mol. The fourth-order valence-electron chi connectivity index (χ4n) is 3.60. The lowest BCUT2D eigenvalue weighted by molar-refractivity contribution is -0.124. The number of aromatic nitrogens is 2. The van der Waals surface area contributed by atoms with Gasteiger partial charge in [0.25, 0.3) is 5.91 Å². The Morgan fingerprint density at radius 3 is 2.33 bits per heavy atom. The molecule has 0 radical (unpaired) electrons. The van der Waals surface area contributed by atoms with Crippen LogP contribution in [0.25, 0.3) is 0 Å². The smallest absolute Gasteiger partial charge is 0.481 e. The molecule has 0 saturated carbocycles. The van der Waals surface area contributed by atoms with E-state index in [0.717, 1.165) is 5.75 Å². The number of hydrogen-bond donors (Lipinski definition) is 2. The van der Waals surface area contributed by atoms with Crippen LogP contribution in [0.15, 0.2) is 42.6 Å². The molecule has 2 atom stereocenters. The Morgan fingerprint density at radius 1 is 1.06 bits per heavy atom. The molecule has 3 rings (SSSR count). The molecule has 0 aliphatic carbocycles. The first kappa shape index (κ1) is 27.6. The molecule has 2 heterocycles. The molecule has 2 amide bonds. The molecular weight excluding hydrogens is 463 g/mol. The maximum absolute atomic E-state index is 13.3. The maximum atomic E-state index is 13.3. The van der Waals surface area contributed by atoms with Gasteiger partial charge in [-0.15, -0.1) is 0 Å². The highest BCUT2D eigenvalue weighted by Gasteiger charge is 2.54. The van der Waals surface area contributed by atoms with Crippen LogP contribution in [0.5, 0.6) is 5.75 Å². The number of amides is 2. The SMILES string of the molecule is COCC(NC(=O)c1ccnc(C)n1)C(=O)NC(CCOc1ccccc1)B1OC(C)(C)C(C)(C)O1. The third-order valence-corrected chi connectivity index (χ3v) is 6.33. The number of para-hydroxylation sites is 1. The number of ether oxygens (including phenoxy) is 2. The normalized spacial score (nSPS) is 17.8. The zero-order valence-electron chi connectivity index (χ0n) is 21.7. The Hall–Kier alpha value is -3.02. The van der Waals surface area contributed by atoms with E-state index in [2.05, 4.69) is 20.6 Å². The molecule has 1 saturated heterocycles. The van der Waals surface area contributed by atoms with Crippen LogP contribution in [0.2, 0.25) is 0 Å². The standard InChI is InChI=1S/C25H35BN4O6/c1-17-27-14-12-19(28-17)22(31)29-20(16-33-6)23(32)30-21(13-15-34-18-10-8-7-9-11-18)26-35-24(2,3)25(4,5)36-26/h7-12,14,20-21H,13,15-16H2,1-6H3,(H,29,31)(H,30,32). The predicted octanol–water partition coefficient (Wildman–Crippen LogP) is 2.12. The van der Waals surface area contributed by atoms with Gasteiger partial charge < -0.3 is 29.4 Å². The lowest BCUT2D eigenvalue weighted by atomic mass is 9.76. The van der Waals surface area contributed by atoms with Gasteiger partial charge in [0.15, 0.2) is 0 Å². The van der Waals surface area contributed by atoms with Crippen molar-refractivity contribution in [2.75, 3.05) is 20.3 Å². The van der Waals surface area contributed by atoms with E-state index in [1.54, 1.807) is 6.92 Å². The van der Waals surface area contributed by atoms with E-state index < -0.39 is 42.1 Å². The summed E-state index contributed by atoms with van der Waals surface area (Å²) in [5.74, 6) is -0.302. The molecule has 2 aromatic rings. The summed E-state index contributed by atoms with van der Waals surface area (Å²) >= 11 is 0. The van der Waals surface area contributed by atoms with E-state index in [1.807, 2.05) is 58.0 Å². The molecule has 194 valence electrons. The van der Waals surface area contributed by atoms with Crippen molar-refractivity contribution in [1.82, 2.24) is 20.6 Å². The minimum Gasteiger partial charge on any atom is -0.494 e. The second kappa shape index (κ2) is 11.8. The average Bonchev–Trinajstić information content (AvgIpc) is 3.05. The van der Waals surface area contributed by atoms with Crippen LogP contribution in [0.3, 0.4) is 0 Å². The van der Waals surface area contributed by atoms with Crippen LogP contribution in [0.4, 0.5) is 0 Å². The van der Waals surface area contributed by atoms with Gasteiger partial charge in [0.1, 0.15) is 23.3 Å². The van der Waals surface area contributed by atoms with Gasteiger partial charge in [0.05, 0.1) is 30.4 Å². The highest BCUT2D eigenvalue weighted by molar-refractivity contribution is 6.48. The molecular formula is C25H35BN4O6. The highest BCUT2D eigenvalue weighted by atomic mass is 16.7. The summed E-state index contributed by atoms with van der Waals surface area (Å²) in [7, 11) is 0.752. The third-order valence-electron chi connectivity index (χ3n) is 6.33. The molecule has 36 heavy (non-hydrogen) atoms. The molecule has 1 aromatic carbocycles. The van der Waals surface area contributed by atoms with Crippen LogP contribution >= 0.6 is 0 Å². The van der Waals surface area contributed by atoms with Crippen molar-refractivity contribution in [2.45, 2.75) is 64.2 Å². The van der Waals surface area contributed by atoms with E-state index >= 15 is 0 Å². The molecule has 2 N–H and O–H groups in total. The molecule has 11 heteroatoms. The van der Waals surface area contributed by atoms with Gasteiger partial charge in [0.2, 0.25) is 5.91 Å². The summed E-state index contributed by atoms with van der Waals surface area (Å²) < 4.78 is 23.5. The second-order valence-corrected chi connectivity index (χ2v) is 9.66. The van der Waals surface area contributed by atoms with Gasteiger partial charge in [0, 0.05) is 19.7 Å². The maximum Gasteiger partial charge on any atom is 0.481 e. The van der Waals surface area contributed by atoms with Crippen molar-refractivity contribution in [2.24, 2.45) is 0 Å². The van der Waals surface area contributed by atoms with Gasteiger partial charge in [-0.3, -0.25) is 9.59 Å². The summed E-state index contributed by atoms with van der Waals surface area (Å²) in [5, 5.41) is 5.67. The third kappa shape index (κ3) is 7.02. The lowest BCUT2D eigenvalue weighted by Gasteiger charge is -2.32. The molecule has 0 spiro atoms. The van der Waals surface area contributed by atoms with Gasteiger partial charge in [-0.25, -0.2) is 9.97 Å². The molecule has 0 bridgehead atoms. The molecule has 2 unspecified atom stereocenters. The zero-order chi connectivity index (χ0) is 26.3. The van der Waals surface area contributed by atoms with Gasteiger partial charge in [-0.05, 0) is 52.8 Å². The number of hydrogen-bond acceptors (Lipinski definition) is 8. The summed E-state index contributed by atoms with van der Waals surface area (Å²) in [5.41, 5.74) is -0.993. The Kier molecular flexibility index (Phi) is 9.05. The first-order chi connectivity index (χ1) is 17.0. The van der Waals surface area contributed by atoms with Crippen molar-refractivity contribution < 1.29 is 28.4 Å². The van der Waals surface area contributed by atoms with Crippen molar-refractivity contribution >= 4 is 18.9 Å². The first-order valence-electron chi connectivity index (χ1n) is 12.0. The molecule has 10 nitrogen and oxygen atoms in total. The fraction of sp³-hybridized carbons (Fsp3) is 0.520. The van der Waals surface area contributed by atoms with Crippen molar-refractivity contribution in [3.05, 3.63) is 54.1 Å². The largest absolute Gasteiger partial charge is 0.494 e. The number of methoxy groups -OCH3 is 1. The van der Waals surface area contributed by atoms with E-state index in [1.165, 1.54) is 19.4 Å². The minimum atomic E-state index is -0.960. The average molecular weight is 498 g/mol. The van der Waals surface area contributed by atoms with E-state index in [4.69, 9.17) is 18.8 Å². The van der Waals surface area contributed by atoms with Crippen LogP contribution in [0, 0.1) is 6.92 Å². The Morgan fingerprint density at radius 2 is 1.72 bits per heavy atom. The predicted molar refractivity (Wildman–Crippen MR) is 134 cm³/mol. The number of carbonyl (C=O) groups excluding carboxylic acids is 2. The van der Waals surface area contributed by atoms with Crippen LogP contribution < -0.4 is 15.4 Å². The lowest BCUT2D eigenvalue weighted by Crippen LogP contribution is -2.56. The van der Waals surface area contributed by atoms with E-state index in [-0.39, 0.29) is 12.3 Å². The molecule has 1 aliphatic heterocycles. The van der Waals surface area contributed by atoms with Crippen LogP contribution in [-0.4, -0.2) is 72.4 Å². The summed E-state index contributed by atoms with van der Waals surface area (Å²) in [6, 6.07) is 9.94. The quantitative estimate of drug-likeness (QED) is 0.452. The highest BCUT2D eigenvalue weighted by Crippen LogP contribution is 2.37. The van der Waals surface area contributed by atoms with Crippen LogP contribution in [0.1, 0.15) is 50.4 Å². The summed E-state index contributed by atoms with van der Waals surface area (Å²) in [4.78, 5) is 34.1. The van der Waals surface area contributed by atoms with E-state index in [9.17, 15) is 9.59 Å². The number of aryl methyl sites for hydroxylation is 1. The number of carbonyl (C=O) groups is 2. The van der Waals surface area contributed by atoms with Crippen molar-refractivity contribution in [3.63, 3.8) is 0 Å². The van der Waals surface area contributed by atoms with Gasteiger partial charge in [-0.1, -0.05) is 18.2 Å². The molecule has 1 aliphatic rings. The number of benzene rings is 1. The van der Waals surface area contributed by atoms with Crippen LogP contribution in [-0.2, 0) is 18.8 Å². The number of nitrogens with one attached hydrogen (secondary N) is 2. The number of nitrogens with zero attached hydrogens (tertiary/aromatic N) is 2. The zero-order valence-corrected chi connectivity index (χ0v) is 21.7. The topological polar surface area (TPSA) is 121 Å². The number of rotatable bonds is 11. The second-order valence-electron chi connectivity index (χ2n) is 9.66. The fourth-order valence-corrected chi connectivity index (χ4v) is 3.60. The van der Waals surface area contributed by atoms with Crippen molar-refractivity contribution in [3.8, 4) is 5.75 Å². The Balaban J connectivity index is 1.72. The van der Waals surface area contributed by atoms with Crippen molar-refractivity contribution in [1.29, 1.82) is 0 Å². The molecule has 1 aromatic heterocycles. The summed E-state index contributed by atoms with van der Waals surface area (Å²) in [6.45, 7) is 9.77. The Bertz CT molecular complexity index is 1020. The first-order valence-corrected chi connectivity index (χ1v) is 12.0. The Labute approximate surface area is 212 Å². The van der Waals surface area contributed by atoms with E-state index in [0.29, 0.717) is 18.9 Å².